The molecule has 0 heterocycles. The van der Waals surface area contributed by atoms with Crippen molar-refractivity contribution < 1.29 is 5.11 Å². The van der Waals surface area contributed by atoms with E-state index in [4.69, 9.17) is 0 Å². The zero-order valence-electron chi connectivity index (χ0n) is 13.7. The fourth-order valence-electron chi connectivity index (χ4n) is 2.55. The van der Waals surface area contributed by atoms with Crippen LogP contribution in [0.15, 0.2) is 24.3 Å². The summed E-state index contributed by atoms with van der Waals surface area (Å²) in [5.74, 6) is 0. The second kappa shape index (κ2) is 7.80. The van der Waals surface area contributed by atoms with E-state index in [0.717, 1.165) is 25.7 Å². The average molecular weight is 277 g/mol. The van der Waals surface area contributed by atoms with Crippen LogP contribution in [0.5, 0.6) is 0 Å². The van der Waals surface area contributed by atoms with E-state index in [0.29, 0.717) is 12.1 Å². The number of aryl methyl sites for hydroxylation is 1. The summed E-state index contributed by atoms with van der Waals surface area (Å²) in [6, 6.07) is 9.76. The lowest BCUT2D eigenvalue weighted by Crippen LogP contribution is -2.36. The smallest absolute Gasteiger partial charge is 0.0591 e. The summed E-state index contributed by atoms with van der Waals surface area (Å²) in [5.41, 5.74) is 2.17. The molecule has 0 aliphatic carbocycles. The van der Waals surface area contributed by atoms with Crippen molar-refractivity contribution >= 4 is 0 Å². The van der Waals surface area contributed by atoms with Crippen molar-refractivity contribution in [3.8, 4) is 0 Å². The van der Waals surface area contributed by atoms with Crippen LogP contribution >= 0.6 is 0 Å². The minimum absolute atomic E-state index is 0.481. The van der Waals surface area contributed by atoms with Crippen molar-refractivity contribution in [1.29, 1.82) is 0 Å². The average Bonchev–Trinajstić information content (AvgIpc) is 2.30. The molecule has 20 heavy (non-hydrogen) atoms. The predicted octanol–water partition coefficient (Wildman–Crippen LogP) is 3.85. The molecule has 1 aromatic carbocycles. The summed E-state index contributed by atoms with van der Waals surface area (Å²) < 4.78 is 0. The third kappa shape index (κ3) is 7.66. The number of rotatable bonds is 8. The van der Waals surface area contributed by atoms with Gasteiger partial charge >= 0.3 is 0 Å². The van der Waals surface area contributed by atoms with Crippen LogP contribution in [0.3, 0.4) is 0 Å². The van der Waals surface area contributed by atoms with Crippen LogP contribution in [0.2, 0.25) is 0 Å². The van der Waals surface area contributed by atoms with E-state index in [-0.39, 0.29) is 0 Å². The van der Waals surface area contributed by atoms with Gasteiger partial charge in [-0.2, -0.15) is 0 Å². The van der Waals surface area contributed by atoms with Gasteiger partial charge in [-0.25, -0.2) is 0 Å². The van der Waals surface area contributed by atoms with E-state index >= 15 is 0 Å². The van der Waals surface area contributed by atoms with Crippen molar-refractivity contribution in [3.05, 3.63) is 35.4 Å². The molecule has 0 amide bonds. The quantitative estimate of drug-likeness (QED) is 0.756. The second-order valence-electron chi connectivity index (χ2n) is 6.86. The van der Waals surface area contributed by atoms with Crippen molar-refractivity contribution in [2.45, 2.75) is 78.0 Å². The molecule has 2 heteroatoms. The summed E-state index contributed by atoms with van der Waals surface area (Å²) in [6.07, 6.45) is 4.11. The number of hydrogen-bond acceptors (Lipinski definition) is 2. The molecule has 0 spiro atoms. The van der Waals surface area contributed by atoms with Gasteiger partial charge in [0.05, 0.1) is 5.60 Å². The van der Waals surface area contributed by atoms with Crippen LogP contribution in [0.25, 0.3) is 0 Å². The van der Waals surface area contributed by atoms with E-state index < -0.39 is 5.60 Å². The highest BCUT2D eigenvalue weighted by Crippen LogP contribution is 2.14. The molecule has 0 aliphatic rings. The number of aliphatic hydroxyl groups is 1. The van der Waals surface area contributed by atoms with Gasteiger partial charge in [-0.1, -0.05) is 29.8 Å². The van der Waals surface area contributed by atoms with Crippen LogP contribution in [0.1, 0.15) is 58.1 Å². The Morgan fingerprint density at radius 3 is 2.25 bits per heavy atom. The first-order chi connectivity index (χ1) is 9.26. The molecule has 0 aliphatic heterocycles. The molecule has 0 saturated carbocycles. The summed E-state index contributed by atoms with van der Waals surface area (Å²) in [4.78, 5) is 0. The highest BCUT2D eigenvalue weighted by atomic mass is 16.3. The van der Waals surface area contributed by atoms with E-state index in [9.17, 15) is 5.11 Å². The molecule has 0 radical (unpaired) electrons. The van der Waals surface area contributed by atoms with Gasteiger partial charge in [-0.05, 0) is 65.9 Å². The summed E-state index contributed by atoms with van der Waals surface area (Å²) in [6.45, 7) is 10.4. The van der Waals surface area contributed by atoms with Crippen LogP contribution < -0.4 is 5.32 Å². The van der Waals surface area contributed by atoms with Gasteiger partial charge in [0.2, 0.25) is 0 Å². The van der Waals surface area contributed by atoms with Crippen LogP contribution in [-0.4, -0.2) is 22.8 Å². The van der Waals surface area contributed by atoms with Gasteiger partial charge in [0.15, 0.2) is 0 Å². The Bertz CT molecular complexity index is 377. The first-order valence-corrected chi connectivity index (χ1v) is 7.80. The normalized spacial score (nSPS) is 15.1. The Balaban J connectivity index is 2.27. The Kier molecular flexibility index (Phi) is 6.70. The molecule has 114 valence electrons. The van der Waals surface area contributed by atoms with E-state index in [1.54, 1.807) is 0 Å². The maximum absolute atomic E-state index is 9.71. The van der Waals surface area contributed by atoms with Crippen LogP contribution in [0, 0.1) is 6.92 Å². The van der Waals surface area contributed by atoms with Gasteiger partial charge in [0, 0.05) is 12.1 Å². The monoisotopic (exact) mass is 277 g/mol. The summed E-state index contributed by atoms with van der Waals surface area (Å²) in [5, 5.41) is 13.4. The summed E-state index contributed by atoms with van der Waals surface area (Å²) in [7, 11) is 0. The van der Waals surface area contributed by atoms with Gasteiger partial charge < -0.3 is 10.4 Å². The SMILES string of the molecule is Cc1ccc(C[C@H](C)N[C@H](C)CCCC(C)(C)O)cc1. The molecule has 2 atom stereocenters. The van der Waals surface area contributed by atoms with Gasteiger partial charge in [0.25, 0.3) is 0 Å². The van der Waals surface area contributed by atoms with Crippen molar-refractivity contribution in [3.63, 3.8) is 0 Å². The molecule has 0 unspecified atom stereocenters. The fraction of sp³-hybridized carbons (Fsp3) is 0.667. The molecule has 2 nitrogen and oxygen atoms in total. The topological polar surface area (TPSA) is 32.3 Å². The van der Waals surface area contributed by atoms with Crippen molar-refractivity contribution in [2.75, 3.05) is 0 Å². The van der Waals surface area contributed by atoms with Gasteiger partial charge in [0.1, 0.15) is 0 Å². The first kappa shape index (κ1) is 17.2. The van der Waals surface area contributed by atoms with Crippen molar-refractivity contribution in [2.24, 2.45) is 0 Å². The lowest BCUT2D eigenvalue weighted by Gasteiger charge is -2.22. The Morgan fingerprint density at radius 2 is 1.70 bits per heavy atom. The maximum Gasteiger partial charge on any atom is 0.0591 e. The largest absolute Gasteiger partial charge is 0.390 e. The highest BCUT2D eigenvalue weighted by molar-refractivity contribution is 5.21. The molecular formula is C18H31NO. The van der Waals surface area contributed by atoms with Crippen molar-refractivity contribution in [1.82, 2.24) is 5.32 Å². The number of benzene rings is 1. The fourth-order valence-corrected chi connectivity index (χ4v) is 2.55. The Hall–Kier alpha value is -0.860. The Morgan fingerprint density at radius 1 is 1.10 bits per heavy atom. The van der Waals surface area contributed by atoms with Crippen LogP contribution in [-0.2, 0) is 6.42 Å². The molecule has 0 fully saturated rings. The Labute approximate surface area is 124 Å². The number of nitrogens with one attached hydrogen (secondary N) is 1. The van der Waals surface area contributed by atoms with Gasteiger partial charge in [-0.15, -0.1) is 0 Å². The molecule has 0 saturated heterocycles. The van der Waals surface area contributed by atoms with E-state index in [1.807, 2.05) is 13.8 Å². The minimum atomic E-state index is -0.534. The van der Waals surface area contributed by atoms with Gasteiger partial charge in [-0.3, -0.25) is 0 Å². The van der Waals surface area contributed by atoms with Crippen LogP contribution in [0.4, 0.5) is 0 Å². The third-order valence-electron chi connectivity index (χ3n) is 3.66. The molecule has 0 aromatic heterocycles. The standard InChI is InChI=1S/C18H31NO/c1-14-8-10-17(11-9-14)13-16(3)19-15(2)7-6-12-18(4,5)20/h8-11,15-16,19-20H,6-7,12-13H2,1-5H3/t15-,16+/m1/s1. The third-order valence-corrected chi connectivity index (χ3v) is 3.66. The zero-order valence-corrected chi connectivity index (χ0v) is 13.7. The minimum Gasteiger partial charge on any atom is -0.390 e. The second-order valence-corrected chi connectivity index (χ2v) is 6.86. The van der Waals surface area contributed by atoms with E-state index in [2.05, 4.69) is 50.4 Å². The molecule has 1 aromatic rings. The molecule has 0 bridgehead atoms. The maximum atomic E-state index is 9.71. The predicted molar refractivity (Wildman–Crippen MR) is 87.1 cm³/mol. The first-order valence-electron chi connectivity index (χ1n) is 7.80. The lowest BCUT2D eigenvalue weighted by molar-refractivity contribution is 0.0674. The van der Waals surface area contributed by atoms with E-state index in [1.165, 1.54) is 11.1 Å². The molecular weight excluding hydrogens is 246 g/mol. The number of hydrogen-bond donors (Lipinski definition) is 2. The lowest BCUT2D eigenvalue weighted by atomic mass is 9.99. The molecule has 1 rings (SSSR count). The zero-order chi connectivity index (χ0) is 15.2. The molecule has 2 N–H and O–H groups in total. The summed E-state index contributed by atoms with van der Waals surface area (Å²) >= 11 is 0. The highest BCUT2D eigenvalue weighted by Gasteiger charge is 2.13.